The van der Waals surface area contributed by atoms with Gasteiger partial charge in [-0.15, -0.1) is 0 Å². The second-order valence-electron chi connectivity index (χ2n) is 10.4. The van der Waals surface area contributed by atoms with Gasteiger partial charge in [0.15, 0.2) is 11.9 Å². The SMILES string of the molecule is C=CCOc1cc(Br)c(Cl)cc1[C@H](NS(=O)C(C)(C)C)C1CCN(C(=O)[C@H]2COC(C)(C)O2)CC1. The van der Waals surface area contributed by atoms with E-state index in [0.29, 0.717) is 30.5 Å². The molecule has 1 amide bonds. The summed E-state index contributed by atoms with van der Waals surface area (Å²) >= 11 is 9.96. The Morgan fingerprint density at radius 2 is 2.06 bits per heavy atom. The Kier molecular flexibility index (Phi) is 9.48. The van der Waals surface area contributed by atoms with Crippen LogP contribution >= 0.6 is 27.5 Å². The normalized spacial score (nSPS) is 22.6. The van der Waals surface area contributed by atoms with Crippen molar-refractivity contribution >= 4 is 44.4 Å². The molecule has 2 heterocycles. The summed E-state index contributed by atoms with van der Waals surface area (Å²) in [5, 5.41) is 0.549. The first-order valence-corrected chi connectivity index (χ1v) is 14.2. The molecule has 2 aliphatic heterocycles. The minimum Gasteiger partial charge on any atom is -0.489 e. The first-order chi connectivity index (χ1) is 16.3. The number of piperidine rings is 1. The summed E-state index contributed by atoms with van der Waals surface area (Å²) in [5.41, 5.74) is 0.844. The van der Waals surface area contributed by atoms with Gasteiger partial charge < -0.3 is 19.1 Å². The number of hydrogen-bond acceptors (Lipinski definition) is 5. The van der Waals surface area contributed by atoms with Crippen molar-refractivity contribution in [1.82, 2.24) is 9.62 Å². The predicted octanol–water partition coefficient (Wildman–Crippen LogP) is 5.15. The third-order valence-electron chi connectivity index (χ3n) is 6.14. The Bertz CT molecular complexity index is 960. The molecule has 2 aliphatic rings. The summed E-state index contributed by atoms with van der Waals surface area (Å²) in [6.45, 7) is 14.9. The van der Waals surface area contributed by atoms with Gasteiger partial charge in [-0.05, 0) is 81.4 Å². The highest BCUT2D eigenvalue weighted by molar-refractivity contribution is 9.10. The van der Waals surface area contributed by atoms with Crippen molar-refractivity contribution in [3.05, 3.63) is 39.8 Å². The third-order valence-corrected chi connectivity index (χ3v) is 8.92. The van der Waals surface area contributed by atoms with Gasteiger partial charge in [0, 0.05) is 23.1 Å². The van der Waals surface area contributed by atoms with Crippen LogP contribution in [0.15, 0.2) is 29.3 Å². The third kappa shape index (κ3) is 7.29. The van der Waals surface area contributed by atoms with Crippen LogP contribution in [0.25, 0.3) is 0 Å². The molecule has 1 unspecified atom stereocenters. The van der Waals surface area contributed by atoms with Crippen molar-refractivity contribution in [3.63, 3.8) is 0 Å². The molecule has 3 atom stereocenters. The van der Waals surface area contributed by atoms with Gasteiger partial charge in [0.25, 0.3) is 5.91 Å². The minimum atomic E-state index is -1.32. The van der Waals surface area contributed by atoms with E-state index in [1.165, 1.54) is 0 Å². The molecule has 0 bridgehead atoms. The quantitative estimate of drug-likeness (QED) is 0.423. The summed E-state index contributed by atoms with van der Waals surface area (Å²) in [6.07, 6.45) is 2.57. The molecule has 2 saturated heterocycles. The molecule has 35 heavy (non-hydrogen) atoms. The largest absolute Gasteiger partial charge is 0.489 e. The molecular formula is C25H36BrClN2O5S. The number of nitrogens with one attached hydrogen (secondary N) is 1. The fourth-order valence-electron chi connectivity index (χ4n) is 4.23. The predicted molar refractivity (Wildman–Crippen MR) is 143 cm³/mol. The topological polar surface area (TPSA) is 77.1 Å². The van der Waals surface area contributed by atoms with Gasteiger partial charge in [-0.2, -0.15) is 0 Å². The van der Waals surface area contributed by atoms with E-state index in [-0.39, 0.29) is 24.5 Å². The highest BCUT2D eigenvalue weighted by atomic mass is 79.9. The number of nitrogens with zero attached hydrogens (tertiary/aromatic N) is 1. The molecule has 2 fully saturated rings. The van der Waals surface area contributed by atoms with Crippen LogP contribution in [-0.2, 0) is 25.3 Å². The lowest BCUT2D eigenvalue weighted by Crippen LogP contribution is -2.47. The Morgan fingerprint density at radius 3 is 2.60 bits per heavy atom. The van der Waals surface area contributed by atoms with E-state index in [1.807, 2.05) is 51.7 Å². The number of ether oxygens (including phenoxy) is 3. The lowest BCUT2D eigenvalue weighted by Gasteiger charge is -2.38. The van der Waals surface area contributed by atoms with Crippen molar-refractivity contribution in [2.45, 2.75) is 70.1 Å². The van der Waals surface area contributed by atoms with Gasteiger partial charge >= 0.3 is 0 Å². The Morgan fingerprint density at radius 1 is 1.40 bits per heavy atom. The lowest BCUT2D eigenvalue weighted by molar-refractivity contribution is -0.161. The molecule has 0 radical (unpaired) electrons. The number of rotatable bonds is 8. The van der Waals surface area contributed by atoms with Crippen molar-refractivity contribution in [2.24, 2.45) is 5.92 Å². The van der Waals surface area contributed by atoms with E-state index in [0.717, 1.165) is 22.9 Å². The molecule has 0 saturated carbocycles. The molecule has 10 heteroatoms. The van der Waals surface area contributed by atoms with E-state index < -0.39 is 27.6 Å². The first kappa shape index (κ1) is 28.6. The van der Waals surface area contributed by atoms with Gasteiger partial charge in [0.05, 0.1) is 33.4 Å². The zero-order chi connectivity index (χ0) is 26.0. The summed E-state index contributed by atoms with van der Waals surface area (Å²) in [6, 6.07) is 3.43. The maximum atomic E-state index is 13.2. The van der Waals surface area contributed by atoms with Gasteiger partial charge in [0.1, 0.15) is 12.4 Å². The molecule has 1 aromatic carbocycles. The highest BCUT2D eigenvalue weighted by Gasteiger charge is 2.41. The van der Waals surface area contributed by atoms with Crippen LogP contribution in [0.2, 0.25) is 5.02 Å². The van der Waals surface area contributed by atoms with Gasteiger partial charge in [-0.3, -0.25) is 4.79 Å². The van der Waals surface area contributed by atoms with Crippen LogP contribution in [-0.4, -0.2) is 58.0 Å². The van der Waals surface area contributed by atoms with Gasteiger partial charge in [-0.25, -0.2) is 8.93 Å². The molecule has 7 nitrogen and oxygen atoms in total. The number of amides is 1. The number of carbonyl (C=O) groups excluding carboxylic acids is 1. The van der Waals surface area contributed by atoms with Crippen molar-refractivity contribution in [1.29, 1.82) is 0 Å². The number of hydrogen-bond donors (Lipinski definition) is 1. The fourth-order valence-corrected chi connectivity index (χ4v) is 5.63. The molecular weight excluding hydrogens is 556 g/mol. The van der Waals surface area contributed by atoms with E-state index in [2.05, 4.69) is 27.2 Å². The van der Waals surface area contributed by atoms with Crippen LogP contribution in [0.4, 0.5) is 0 Å². The summed E-state index contributed by atoms with van der Waals surface area (Å²) < 4.78 is 34.1. The second kappa shape index (κ2) is 11.6. The van der Waals surface area contributed by atoms with Crippen LogP contribution in [0, 0.1) is 5.92 Å². The number of carbonyl (C=O) groups is 1. The molecule has 1 N–H and O–H groups in total. The smallest absolute Gasteiger partial charge is 0.254 e. The first-order valence-electron chi connectivity index (χ1n) is 11.8. The number of halogens is 2. The van der Waals surface area contributed by atoms with Crippen molar-refractivity contribution < 1.29 is 23.2 Å². The molecule has 196 valence electrons. The molecule has 0 aromatic heterocycles. The van der Waals surface area contributed by atoms with Crippen LogP contribution in [0.1, 0.15) is 59.1 Å². The maximum absolute atomic E-state index is 13.2. The molecule has 0 spiro atoms. The van der Waals surface area contributed by atoms with Crippen LogP contribution in [0.3, 0.4) is 0 Å². The average molecular weight is 592 g/mol. The summed E-state index contributed by atoms with van der Waals surface area (Å²) in [5.74, 6) is -0.0147. The summed E-state index contributed by atoms with van der Waals surface area (Å²) in [7, 11) is -1.32. The van der Waals surface area contributed by atoms with Crippen molar-refractivity contribution in [3.8, 4) is 5.75 Å². The van der Waals surface area contributed by atoms with E-state index in [9.17, 15) is 9.00 Å². The molecule has 3 rings (SSSR count). The Balaban J connectivity index is 1.83. The number of likely N-dealkylation sites (tertiary alicyclic amines) is 1. The fraction of sp³-hybridized carbons (Fsp3) is 0.640. The van der Waals surface area contributed by atoms with E-state index in [1.54, 1.807) is 6.08 Å². The molecule has 1 aromatic rings. The monoisotopic (exact) mass is 590 g/mol. The Hall–Kier alpha value is -0.970. The van der Waals surface area contributed by atoms with Crippen LogP contribution in [0.5, 0.6) is 5.75 Å². The number of benzene rings is 1. The highest BCUT2D eigenvalue weighted by Crippen LogP contribution is 2.41. The lowest BCUT2D eigenvalue weighted by atomic mass is 9.85. The summed E-state index contributed by atoms with van der Waals surface area (Å²) in [4.78, 5) is 14.8. The van der Waals surface area contributed by atoms with Crippen LogP contribution < -0.4 is 9.46 Å². The van der Waals surface area contributed by atoms with E-state index in [4.69, 9.17) is 25.8 Å². The van der Waals surface area contributed by atoms with Gasteiger partial charge in [0.2, 0.25) is 0 Å². The zero-order valence-electron chi connectivity index (χ0n) is 21.1. The Labute approximate surface area is 224 Å². The van der Waals surface area contributed by atoms with Crippen molar-refractivity contribution in [2.75, 3.05) is 26.3 Å². The van der Waals surface area contributed by atoms with E-state index >= 15 is 0 Å². The average Bonchev–Trinajstić information content (AvgIpc) is 3.16. The maximum Gasteiger partial charge on any atom is 0.254 e. The second-order valence-corrected chi connectivity index (χ2v) is 13.6. The molecule has 0 aliphatic carbocycles. The zero-order valence-corrected chi connectivity index (χ0v) is 24.2. The van der Waals surface area contributed by atoms with Gasteiger partial charge in [-0.1, -0.05) is 24.3 Å². The minimum absolute atomic E-state index is 0.0431. The standard InChI is InChI=1S/C25H36BrClN2O5S/c1-7-12-32-20-14-18(26)19(27)13-17(20)22(28-35(31)24(2,3)4)16-8-10-29(11-9-16)23(30)21-15-33-25(5,6)34-21/h7,13-14,16,21-22,28H,1,8-12,15H2,2-6H3/t21-,22-,35?/m1/s1.